The van der Waals surface area contributed by atoms with E-state index in [9.17, 15) is 14.4 Å². The minimum absolute atomic E-state index is 0.246. The lowest BCUT2D eigenvalue weighted by Crippen LogP contribution is -2.24. The number of fused-ring (bicyclic) bond motifs is 2. The number of benzene rings is 2. The molecule has 1 N–H and O–H groups in total. The molecule has 0 bridgehead atoms. The van der Waals surface area contributed by atoms with E-state index in [0.717, 1.165) is 58.3 Å². The molecule has 7 heteroatoms. The molecule has 5 rings (SSSR count). The van der Waals surface area contributed by atoms with Gasteiger partial charge in [-0.25, -0.2) is 4.79 Å². The number of nitrogens with zero attached hydrogens (tertiary/aromatic N) is 1. The van der Waals surface area contributed by atoms with E-state index in [1.165, 1.54) is 11.3 Å². The molecule has 0 aliphatic heterocycles. The van der Waals surface area contributed by atoms with Gasteiger partial charge in [0.2, 0.25) is 0 Å². The van der Waals surface area contributed by atoms with Crippen LogP contribution in [-0.2, 0) is 28.9 Å². The van der Waals surface area contributed by atoms with Crippen LogP contribution in [0.4, 0.5) is 5.00 Å². The second kappa shape index (κ2) is 10.1. The normalized spacial score (nSPS) is 12.8. The first-order chi connectivity index (χ1) is 17.5. The molecule has 2 heterocycles. The fourth-order valence-corrected chi connectivity index (χ4v) is 6.31. The zero-order chi connectivity index (χ0) is 25.2. The molecule has 0 radical (unpaired) electrons. The summed E-state index contributed by atoms with van der Waals surface area (Å²) in [6, 6.07) is 17.7. The Morgan fingerprint density at radius 3 is 2.47 bits per heavy atom. The van der Waals surface area contributed by atoms with Crippen molar-refractivity contribution in [2.75, 3.05) is 11.9 Å². The Morgan fingerprint density at radius 1 is 0.972 bits per heavy atom. The average Bonchev–Trinajstić information content (AvgIpc) is 3.39. The standard InChI is InChI=1S/C29H28N2O4S/c1-3-35-29(34)25-21-14-8-10-16-23(21)36-28(25)30-27(33)26(32)24-18(2)31(17-19-11-5-4-6-12-19)22-15-9-7-13-20(22)24/h4-7,9,11-13,15H,3,8,10,14,16-17H2,1-2H3,(H,30,33). The molecule has 1 aliphatic rings. The fourth-order valence-electron chi connectivity index (χ4n) is 5.03. The van der Waals surface area contributed by atoms with Crippen LogP contribution in [0, 0.1) is 6.92 Å². The van der Waals surface area contributed by atoms with Crippen LogP contribution in [0.1, 0.15) is 62.2 Å². The summed E-state index contributed by atoms with van der Waals surface area (Å²) in [6.07, 6.45) is 3.67. The average molecular weight is 501 g/mol. The topological polar surface area (TPSA) is 77.4 Å². The van der Waals surface area contributed by atoms with Crippen LogP contribution in [0.5, 0.6) is 0 Å². The molecule has 0 saturated carbocycles. The van der Waals surface area contributed by atoms with Gasteiger partial charge >= 0.3 is 5.97 Å². The van der Waals surface area contributed by atoms with Gasteiger partial charge in [-0.15, -0.1) is 11.3 Å². The summed E-state index contributed by atoms with van der Waals surface area (Å²) in [7, 11) is 0. The smallest absolute Gasteiger partial charge is 0.341 e. The van der Waals surface area contributed by atoms with E-state index in [4.69, 9.17) is 4.74 Å². The number of ketones is 1. The number of rotatable bonds is 7. The number of para-hydroxylation sites is 1. The SMILES string of the molecule is CCOC(=O)c1c(NC(=O)C(=O)c2c(C)n(Cc3ccccc3)c3ccccc23)sc2c1CCCC2. The first-order valence-corrected chi connectivity index (χ1v) is 13.1. The molecule has 0 fully saturated rings. The van der Waals surface area contributed by atoms with E-state index in [2.05, 4.69) is 9.88 Å². The third kappa shape index (κ3) is 4.35. The van der Waals surface area contributed by atoms with Crippen molar-refractivity contribution in [1.29, 1.82) is 0 Å². The molecular weight excluding hydrogens is 472 g/mol. The molecule has 1 amide bonds. The Balaban J connectivity index is 1.50. The third-order valence-electron chi connectivity index (χ3n) is 6.73. The summed E-state index contributed by atoms with van der Waals surface area (Å²) >= 11 is 1.38. The fraction of sp³-hybridized carbons (Fsp3) is 0.276. The van der Waals surface area contributed by atoms with E-state index in [-0.39, 0.29) is 6.61 Å². The number of carbonyl (C=O) groups is 3. The second-order valence-corrected chi connectivity index (χ2v) is 10.1. The number of nitrogens with one attached hydrogen (secondary N) is 1. The van der Waals surface area contributed by atoms with Crippen LogP contribution in [0.15, 0.2) is 54.6 Å². The quantitative estimate of drug-likeness (QED) is 0.194. The number of carbonyl (C=O) groups excluding carboxylic acids is 3. The molecule has 0 unspecified atom stereocenters. The van der Waals surface area contributed by atoms with Crippen molar-refractivity contribution < 1.29 is 19.1 Å². The Morgan fingerprint density at radius 2 is 1.69 bits per heavy atom. The highest BCUT2D eigenvalue weighted by Gasteiger charge is 2.30. The molecule has 6 nitrogen and oxygen atoms in total. The predicted molar refractivity (Wildman–Crippen MR) is 142 cm³/mol. The van der Waals surface area contributed by atoms with Crippen molar-refractivity contribution in [1.82, 2.24) is 4.57 Å². The van der Waals surface area contributed by atoms with Crippen LogP contribution >= 0.6 is 11.3 Å². The van der Waals surface area contributed by atoms with Gasteiger partial charge < -0.3 is 14.6 Å². The largest absolute Gasteiger partial charge is 0.462 e. The first kappa shape index (κ1) is 24.0. The Hall–Kier alpha value is -3.71. The minimum Gasteiger partial charge on any atom is -0.462 e. The summed E-state index contributed by atoms with van der Waals surface area (Å²) in [6.45, 7) is 4.46. The third-order valence-corrected chi connectivity index (χ3v) is 7.93. The number of anilines is 1. The monoisotopic (exact) mass is 500 g/mol. The minimum atomic E-state index is -0.746. The molecule has 2 aromatic carbocycles. The zero-order valence-electron chi connectivity index (χ0n) is 20.4. The number of aromatic nitrogens is 1. The lowest BCUT2D eigenvalue weighted by molar-refractivity contribution is -0.112. The van der Waals surface area contributed by atoms with Crippen molar-refractivity contribution in [2.24, 2.45) is 0 Å². The molecule has 1 aliphatic carbocycles. The number of esters is 1. The van der Waals surface area contributed by atoms with E-state index in [1.807, 2.05) is 61.5 Å². The summed E-state index contributed by atoms with van der Waals surface area (Å²) in [5, 5.41) is 3.92. The van der Waals surface area contributed by atoms with Crippen LogP contribution in [0.25, 0.3) is 10.9 Å². The summed E-state index contributed by atoms with van der Waals surface area (Å²) in [4.78, 5) is 40.7. The highest BCUT2D eigenvalue weighted by atomic mass is 32.1. The van der Waals surface area contributed by atoms with Crippen LogP contribution in [-0.4, -0.2) is 28.8 Å². The van der Waals surface area contributed by atoms with Crippen molar-refractivity contribution in [3.63, 3.8) is 0 Å². The highest BCUT2D eigenvalue weighted by Crippen LogP contribution is 2.39. The van der Waals surface area contributed by atoms with Gasteiger partial charge in [0.1, 0.15) is 5.00 Å². The predicted octanol–water partition coefficient (Wildman–Crippen LogP) is 5.94. The number of aryl methyl sites for hydroxylation is 1. The first-order valence-electron chi connectivity index (χ1n) is 12.3. The zero-order valence-corrected chi connectivity index (χ0v) is 21.2. The Labute approximate surface area is 213 Å². The lowest BCUT2D eigenvalue weighted by Gasteiger charge is -2.12. The maximum atomic E-state index is 13.6. The van der Waals surface area contributed by atoms with Gasteiger partial charge in [-0.05, 0) is 56.7 Å². The van der Waals surface area contributed by atoms with Gasteiger partial charge in [-0.3, -0.25) is 9.59 Å². The van der Waals surface area contributed by atoms with Crippen molar-refractivity contribution in [3.05, 3.63) is 87.4 Å². The van der Waals surface area contributed by atoms with Gasteiger partial charge in [0.15, 0.2) is 0 Å². The maximum absolute atomic E-state index is 13.6. The molecule has 0 saturated heterocycles. The molecule has 2 aromatic heterocycles. The van der Waals surface area contributed by atoms with Crippen molar-refractivity contribution >= 4 is 44.9 Å². The summed E-state index contributed by atoms with van der Waals surface area (Å²) in [5.41, 5.74) is 4.47. The van der Waals surface area contributed by atoms with Crippen LogP contribution < -0.4 is 5.32 Å². The van der Waals surface area contributed by atoms with E-state index < -0.39 is 17.7 Å². The van der Waals surface area contributed by atoms with Gasteiger partial charge in [0.05, 0.1) is 17.7 Å². The van der Waals surface area contributed by atoms with Crippen molar-refractivity contribution in [3.8, 4) is 0 Å². The Bertz CT molecular complexity index is 1470. The highest BCUT2D eigenvalue weighted by molar-refractivity contribution is 7.17. The molecule has 36 heavy (non-hydrogen) atoms. The number of Topliss-reactive ketones (excluding diaryl/α,β-unsaturated/α-hetero) is 1. The maximum Gasteiger partial charge on any atom is 0.341 e. The van der Waals surface area contributed by atoms with Gasteiger partial charge in [-0.1, -0.05) is 48.5 Å². The Kier molecular flexibility index (Phi) is 6.74. The number of amides is 1. The summed E-state index contributed by atoms with van der Waals surface area (Å²) in [5.74, 6) is -1.81. The number of hydrogen-bond donors (Lipinski definition) is 1. The van der Waals surface area contributed by atoms with Crippen LogP contribution in [0.2, 0.25) is 0 Å². The number of thiophene rings is 1. The molecule has 4 aromatic rings. The number of ether oxygens (including phenoxy) is 1. The molecule has 0 atom stereocenters. The van der Waals surface area contributed by atoms with Crippen LogP contribution in [0.3, 0.4) is 0 Å². The molecular formula is C29H28N2O4S. The lowest BCUT2D eigenvalue weighted by atomic mass is 9.95. The van der Waals surface area contributed by atoms with E-state index in [0.29, 0.717) is 22.7 Å². The number of hydrogen-bond acceptors (Lipinski definition) is 5. The van der Waals surface area contributed by atoms with E-state index >= 15 is 0 Å². The van der Waals surface area contributed by atoms with Gasteiger partial charge in [-0.2, -0.15) is 0 Å². The molecule has 184 valence electrons. The van der Waals surface area contributed by atoms with Gasteiger partial charge in [0.25, 0.3) is 11.7 Å². The summed E-state index contributed by atoms with van der Waals surface area (Å²) < 4.78 is 7.35. The van der Waals surface area contributed by atoms with E-state index in [1.54, 1.807) is 6.92 Å². The van der Waals surface area contributed by atoms with Crippen molar-refractivity contribution in [2.45, 2.75) is 46.1 Å². The second-order valence-electron chi connectivity index (χ2n) is 8.97. The molecule has 0 spiro atoms. The van der Waals surface area contributed by atoms with Gasteiger partial charge in [0, 0.05) is 28.0 Å².